The van der Waals surface area contributed by atoms with Crippen LogP contribution in [0, 0.1) is 11.6 Å². The summed E-state index contributed by atoms with van der Waals surface area (Å²) < 4.78 is 41.2. The predicted octanol–water partition coefficient (Wildman–Crippen LogP) is 7.96. The molecule has 1 fully saturated rings. The smallest absolute Gasteiger partial charge is 0.412 e. The van der Waals surface area contributed by atoms with Crippen molar-refractivity contribution in [3.8, 4) is 10.6 Å². The van der Waals surface area contributed by atoms with E-state index in [4.69, 9.17) is 9.47 Å². The lowest BCUT2D eigenvalue weighted by molar-refractivity contribution is 0.0499. The molecule has 1 atom stereocenters. The first-order valence-corrected chi connectivity index (χ1v) is 16.9. The normalized spacial score (nSPS) is 15.4. The molecule has 1 saturated heterocycles. The molecule has 0 spiro atoms. The summed E-state index contributed by atoms with van der Waals surface area (Å²) >= 11 is 2.27. The number of thiophene rings is 1. The van der Waals surface area contributed by atoms with Gasteiger partial charge in [0.05, 0.1) is 21.5 Å². The van der Waals surface area contributed by atoms with Crippen molar-refractivity contribution >= 4 is 61.5 Å². The van der Waals surface area contributed by atoms with Gasteiger partial charge in [-0.05, 0) is 78.0 Å². The standard InChI is InChI=1S/C33H37F2N5O5S2/c1-32(2,3)44-30(42)37-19-9-8-13-40(17-19)26-18(16-36-22-12-14-46-27(22)26)15-23(41)25-29(39-31(43)45-33(4,5)6)47-28(38-25)24-20(34)10-7-11-21(24)35/h7,10-12,14,16,19H,8-9,13,15,17H2,1-6H3,(H,37,42)(H,39,43)/t19-/m0/s1. The molecule has 0 radical (unpaired) electrons. The van der Waals surface area contributed by atoms with E-state index in [0.717, 1.165) is 52.2 Å². The van der Waals surface area contributed by atoms with Crippen LogP contribution in [0.1, 0.15) is 70.4 Å². The first-order valence-electron chi connectivity index (χ1n) is 15.2. The molecule has 5 rings (SSSR count). The lowest BCUT2D eigenvalue weighted by Crippen LogP contribution is -2.49. The first kappa shape index (κ1) is 34.2. The summed E-state index contributed by atoms with van der Waals surface area (Å²) in [6.45, 7) is 11.7. The van der Waals surface area contributed by atoms with Crippen molar-refractivity contribution < 1.29 is 32.6 Å². The zero-order chi connectivity index (χ0) is 34.1. The fourth-order valence-corrected chi connectivity index (χ4v) is 7.20. The first-order chi connectivity index (χ1) is 22.1. The summed E-state index contributed by atoms with van der Waals surface area (Å²) in [4.78, 5) is 50.3. The average Bonchev–Trinajstić information content (AvgIpc) is 3.58. The second-order valence-electron chi connectivity index (χ2n) is 13.2. The molecule has 4 heterocycles. The van der Waals surface area contributed by atoms with Crippen LogP contribution in [-0.2, 0) is 15.9 Å². The Labute approximate surface area is 279 Å². The van der Waals surface area contributed by atoms with Crippen molar-refractivity contribution in [3.63, 3.8) is 0 Å². The highest BCUT2D eigenvalue weighted by Gasteiger charge is 2.30. The molecule has 1 aliphatic rings. The van der Waals surface area contributed by atoms with Gasteiger partial charge >= 0.3 is 12.2 Å². The second-order valence-corrected chi connectivity index (χ2v) is 15.1. The van der Waals surface area contributed by atoms with Crippen LogP contribution in [-0.4, -0.2) is 58.3 Å². The molecule has 250 valence electrons. The minimum Gasteiger partial charge on any atom is -0.444 e. The fraction of sp³-hybridized carbons (Fsp3) is 0.424. The van der Waals surface area contributed by atoms with Gasteiger partial charge in [-0.1, -0.05) is 17.4 Å². The summed E-state index contributed by atoms with van der Waals surface area (Å²) in [5, 5.41) is 7.35. The highest BCUT2D eigenvalue weighted by atomic mass is 32.1. The minimum absolute atomic E-state index is 0.00760. The van der Waals surface area contributed by atoms with Crippen LogP contribution in [0.25, 0.3) is 20.8 Å². The summed E-state index contributed by atoms with van der Waals surface area (Å²) in [7, 11) is 0. The monoisotopic (exact) mass is 685 g/mol. The Kier molecular flexibility index (Phi) is 9.83. The number of carbonyl (C=O) groups excluding carboxylic acids is 3. The van der Waals surface area contributed by atoms with Gasteiger partial charge in [0.25, 0.3) is 0 Å². The number of pyridine rings is 1. The molecule has 1 aromatic carbocycles. The van der Waals surface area contributed by atoms with E-state index in [1.807, 2.05) is 11.4 Å². The predicted molar refractivity (Wildman–Crippen MR) is 180 cm³/mol. The second kappa shape index (κ2) is 13.5. The Morgan fingerprint density at radius 2 is 1.70 bits per heavy atom. The quantitative estimate of drug-likeness (QED) is 0.188. The highest BCUT2D eigenvalue weighted by Crippen LogP contribution is 2.39. The molecule has 0 unspecified atom stereocenters. The number of rotatable bonds is 7. The van der Waals surface area contributed by atoms with Gasteiger partial charge in [0.1, 0.15) is 38.5 Å². The number of thiazole rings is 1. The van der Waals surface area contributed by atoms with Gasteiger partial charge < -0.3 is 19.7 Å². The van der Waals surface area contributed by atoms with Crippen molar-refractivity contribution in [1.29, 1.82) is 0 Å². The fourth-order valence-electron chi connectivity index (χ4n) is 5.24. The number of nitrogens with zero attached hydrogens (tertiary/aromatic N) is 3. The van der Waals surface area contributed by atoms with Crippen LogP contribution in [0.3, 0.4) is 0 Å². The third kappa shape index (κ3) is 8.41. The van der Waals surface area contributed by atoms with Crippen molar-refractivity contribution in [2.75, 3.05) is 23.3 Å². The molecule has 0 saturated carbocycles. The molecule has 3 aromatic heterocycles. The molecule has 14 heteroatoms. The third-order valence-corrected chi connectivity index (χ3v) is 8.91. The Morgan fingerprint density at radius 1 is 1.02 bits per heavy atom. The molecule has 2 N–H and O–H groups in total. The average molecular weight is 686 g/mol. The number of ether oxygens (including phenoxy) is 2. The molecule has 4 aromatic rings. The Bertz CT molecular complexity index is 1790. The number of benzene rings is 1. The molecule has 47 heavy (non-hydrogen) atoms. The number of ketones is 1. The maximum absolute atomic E-state index is 14.8. The van der Waals surface area contributed by atoms with E-state index >= 15 is 0 Å². The molecular formula is C33H37F2N5O5S2. The number of carbonyl (C=O) groups is 3. The SMILES string of the molecule is CC(C)(C)OC(=O)Nc1sc(-c2c(F)cccc2F)nc1C(=O)Cc1cnc2ccsc2c1N1CCC[C@H](NC(=O)OC(C)(C)C)C1. The van der Waals surface area contributed by atoms with Crippen LogP contribution in [0.15, 0.2) is 35.8 Å². The van der Waals surface area contributed by atoms with Crippen molar-refractivity contribution in [3.05, 3.63) is 58.7 Å². The summed E-state index contributed by atoms with van der Waals surface area (Å²) in [5.41, 5.74) is 0.165. The largest absolute Gasteiger partial charge is 0.444 e. The Balaban J connectivity index is 1.48. The summed E-state index contributed by atoms with van der Waals surface area (Å²) in [6.07, 6.45) is 1.69. The Hall–Kier alpha value is -4.17. The van der Waals surface area contributed by atoms with E-state index in [1.54, 1.807) is 47.7 Å². The number of Topliss-reactive ketones (excluding diaryl/α,β-unsaturated/α-hetero) is 1. The van der Waals surface area contributed by atoms with Gasteiger partial charge in [-0.25, -0.2) is 23.4 Å². The lowest BCUT2D eigenvalue weighted by atomic mass is 10.0. The van der Waals surface area contributed by atoms with Crippen LogP contribution < -0.4 is 15.5 Å². The lowest BCUT2D eigenvalue weighted by Gasteiger charge is -2.36. The number of amides is 2. The van der Waals surface area contributed by atoms with E-state index in [2.05, 4.69) is 25.5 Å². The van der Waals surface area contributed by atoms with Crippen LogP contribution >= 0.6 is 22.7 Å². The number of halogens is 2. The van der Waals surface area contributed by atoms with Gasteiger partial charge in [-0.3, -0.25) is 15.1 Å². The number of aromatic nitrogens is 2. The number of hydrogen-bond donors (Lipinski definition) is 2. The molecule has 0 aliphatic carbocycles. The maximum Gasteiger partial charge on any atom is 0.412 e. The summed E-state index contributed by atoms with van der Waals surface area (Å²) in [5.74, 6) is -2.19. The topological polar surface area (TPSA) is 123 Å². The van der Waals surface area contributed by atoms with Gasteiger partial charge in [0.15, 0.2) is 5.78 Å². The van der Waals surface area contributed by atoms with E-state index in [9.17, 15) is 23.2 Å². The molecule has 2 amide bonds. The number of anilines is 2. The van der Waals surface area contributed by atoms with Gasteiger partial charge in [0, 0.05) is 37.3 Å². The third-order valence-electron chi connectivity index (χ3n) is 7.02. The van der Waals surface area contributed by atoms with E-state index in [1.165, 1.54) is 17.4 Å². The van der Waals surface area contributed by atoms with Crippen LogP contribution in [0.5, 0.6) is 0 Å². The zero-order valence-corrected chi connectivity index (χ0v) is 28.7. The number of piperidine rings is 1. The number of fused-ring (bicyclic) bond motifs is 1. The van der Waals surface area contributed by atoms with Crippen LogP contribution in [0.2, 0.25) is 0 Å². The van der Waals surface area contributed by atoms with E-state index < -0.39 is 46.4 Å². The molecule has 0 bridgehead atoms. The molecule has 1 aliphatic heterocycles. The maximum atomic E-state index is 14.8. The van der Waals surface area contributed by atoms with Gasteiger partial charge in [-0.2, -0.15) is 0 Å². The summed E-state index contributed by atoms with van der Waals surface area (Å²) in [6, 6.07) is 5.14. The van der Waals surface area contributed by atoms with Gasteiger partial charge in [0.2, 0.25) is 0 Å². The number of hydrogen-bond acceptors (Lipinski definition) is 10. The molecular weight excluding hydrogens is 649 g/mol. The number of alkyl carbamates (subject to hydrolysis) is 1. The Morgan fingerprint density at radius 3 is 2.38 bits per heavy atom. The van der Waals surface area contributed by atoms with Crippen LogP contribution in [0.4, 0.5) is 29.1 Å². The zero-order valence-electron chi connectivity index (χ0n) is 27.0. The molecule has 10 nitrogen and oxygen atoms in total. The van der Waals surface area contributed by atoms with Crippen molar-refractivity contribution in [1.82, 2.24) is 15.3 Å². The minimum atomic E-state index is -0.851. The van der Waals surface area contributed by atoms with Crippen molar-refractivity contribution in [2.24, 2.45) is 0 Å². The van der Waals surface area contributed by atoms with Gasteiger partial charge in [-0.15, -0.1) is 11.3 Å². The van der Waals surface area contributed by atoms with Crippen molar-refractivity contribution in [2.45, 2.75) is 78.0 Å². The number of nitrogens with one attached hydrogen (secondary N) is 2. The van der Waals surface area contributed by atoms with E-state index in [0.29, 0.717) is 18.7 Å². The van der Waals surface area contributed by atoms with E-state index in [-0.39, 0.29) is 28.2 Å². The highest BCUT2D eigenvalue weighted by molar-refractivity contribution is 7.19.